The number of nitrogens with one attached hydrogen (secondary N) is 2. The highest BCUT2D eigenvalue weighted by Gasteiger charge is 2.32. The van der Waals surface area contributed by atoms with E-state index in [2.05, 4.69) is 9.97 Å². The Morgan fingerprint density at radius 2 is 2.00 bits per heavy atom. The lowest BCUT2D eigenvalue weighted by Crippen LogP contribution is -2.26. The fraction of sp³-hybridized carbons (Fsp3) is 0.0588. The van der Waals surface area contributed by atoms with Gasteiger partial charge in [0.05, 0.1) is 28.8 Å². The van der Waals surface area contributed by atoms with Crippen molar-refractivity contribution in [2.24, 2.45) is 0 Å². The number of hydrogen-bond acceptors (Lipinski definition) is 4. The molecule has 0 unspecified atom stereocenters. The van der Waals surface area contributed by atoms with Crippen LogP contribution in [-0.4, -0.2) is 32.6 Å². The van der Waals surface area contributed by atoms with Gasteiger partial charge in [0.1, 0.15) is 29.0 Å². The third-order valence-electron chi connectivity index (χ3n) is 4.01. The maximum absolute atomic E-state index is 13.3. The number of imidazole rings is 1. The zero-order valence-corrected chi connectivity index (χ0v) is 13.5. The first kappa shape index (κ1) is 15.5. The second-order valence-corrected chi connectivity index (χ2v) is 6.07. The summed E-state index contributed by atoms with van der Waals surface area (Å²) in [6, 6.07) is 8.56. The van der Waals surface area contributed by atoms with Gasteiger partial charge in [-0.05, 0) is 36.4 Å². The molecule has 0 amide bonds. The molecule has 1 aliphatic heterocycles. The van der Waals surface area contributed by atoms with E-state index in [1.54, 1.807) is 0 Å². The van der Waals surface area contributed by atoms with Gasteiger partial charge < -0.3 is 20.1 Å². The number of phenolic OH excluding ortho intramolecular Hbond substituents is 1. The van der Waals surface area contributed by atoms with Crippen LogP contribution in [0.25, 0.3) is 16.6 Å². The first-order valence-electron chi connectivity index (χ1n) is 7.37. The Kier molecular flexibility index (Phi) is 3.40. The zero-order valence-electron chi connectivity index (χ0n) is 12.7. The third-order valence-corrected chi connectivity index (χ3v) is 4.25. The minimum atomic E-state index is -0.409. The van der Waals surface area contributed by atoms with Crippen LogP contribution in [0.4, 0.5) is 10.1 Å². The smallest absolute Gasteiger partial charge is 0.145 e. The molecule has 0 spiro atoms. The molecule has 0 aliphatic carbocycles. The molecule has 4 rings (SSSR count). The van der Waals surface area contributed by atoms with E-state index in [0.717, 1.165) is 0 Å². The van der Waals surface area contributed by atoms with E-state index in [0.29, 0.717) is 21.7 Å². The number of aliphatic hydroxyl groups excluding tert-OH is 1. The Morgan fingerprint density at radius 1 is 1.20 bits per heavy atom. The van der Waals surface area contributed by atoms with Gasteiger partial charge in [0, 0.05) is 5.02 Å². The third kappa shape index (κ3) is 2.49. The molecule has 2 heterocycles. The lowest BCUT2D eigenvalue weighted by molar-refractivity contribution is 0.410. The fourth-order valence-corrected chi connectivity index (χ4v) is 3.01. The average Bonchev–Trinajstić information content (AvgIpc) is 3.09. The van der Waals surface area contributed by atoms with E-state index in [9.17, 15) is 14.6 Å². The molecule has 0 fully saturated rings. The molecule has 0 atom stereocenters. The van der Waals surface area contributed by atoms with Gasteiger partial charge in [0.15, 0.2) is 0 Å². The highest BCUT2D eigenvalue weighted by molar-refractivity contribution is 6.32. The number of halogens is 2. The Balaban J connectivity index is 1.76. The van der Waals surface area contributed by atoms with Crippen LogP contribution in [-0.2, 0) is 0 Å². The molecule has 1 aliphatic rings. The SMILES string of the molecule is N=C1C(c2nc3ccc(F)cc3[nH]2)=C(O)CN1c1cc(Cl)ccc1O. The van der Waals surface area contributed by atoms with E-state index < -0.39 is 5.82 Å². The quantitative estimate of drug-likeness (QED) is 0.559. The van der Waals surface area contributed by atoms with Crippen molar-refractivity contribution in [2.75, 3.05) is 11.4 Å². The molecule has 2 aromatic carbocycles. The second kappa shape index (κ2) is 5.49. The molecule has 3 aromatic rings. The highest BCUT2D eigenvalue weighted by Crippen LogP contribution is 2.36. The molecule has 0 saturated carbocycles. The lowest BCUT2D eigenvalue weighted by atomic mass is 10.2. The summed E-state index contributed by atoms with van der Waals surface area (Å²) in [4.78, 5) is 8.64. The molecule has 6 nitrogen and oxygen atoms in total. The van der Waals surface area contributed by atoms with Crippen LogP contribution < -0.4 is 4.90 Å². The molecule has 0 bridgehead atoms. The normalized spacial score (nSPS) is 14.8. The van der Waals surface area contributed by atoms with E-state index in [-0.39, 0.29) is 35.3 Å². The van der Waals surface area contributed by atoms with Gasteiger partial charge in [-0.15, -0.1) is 0 Å². The number of hydrogen-bond donors (Lipinski definition) is 4. The van der Waals surface area contributed by atoms with E-state index in [4.69, 9.17) is 17.0 Å². The summed E-state index contributed by atoms with van der Waals surface area (Å²) in [5.41, 5.74) is 1.48. The molecule has 1 aromatic heterocycles. The predicted octanol–water partition coefficient (Wildman–Crippen LogP) is 3.83. The number of aliphatic hydroxyl groups is 1. The van der Waals surface area contributed by atoms with Gasteiger partial charge in [-0.1, -0.05) is 11.6 Å². The molecule has 4 N–H and O–H groups in total. The van der Waals surface area contributed by atoms with Crippen molar-refractivity contribution >= 4 is 39.7 Å². The van der Waals surface area contributed by atoms with Crippen LogP contribution in [0, 0.1) is 11.2 Å². The second-order valence-electron chi connectivity index (χ2n) is 5.64. The number of aromatic amines is 1. The number of aromatic hydroxyl groups is 1. The Bertz CT molecular complexity index is 1060. The summed E-state index contributed by atoms with van der Waals surface area (Å²) in [7, 11) is 0. The Hall–Kier alpha value is -3.06. The molecular weight excluding hydrogens is 347 g/mol. The summed E-state index contributed by atoms with van der Waals surface area (Å²) in [6.07, 6.45) is 0. The topological polar surface area (TPSA) is 96.2 Å². The molecule has 126 valence electrons. The summed E-state index contributed by atoms with van der Waals surface area (Å²) in [6.45, 7) is -0.00647. The van der Waals surface area contributed by atoms with Crippen molar-refractivity contribution < 1.29 is 14.6 Å². The summed E-state index contributed by atoms with van der Waals surface area (Å²) in [5.74, 6) is -0.339. The van der Waals surface area contributed by atoms with Crippen molar-refractivity contribution in [3.8, 4) is 5.75 Å². The fourth-order valence-electron chi connectivity index (χ4n) is 2.85. The number of nitrogens with zero attached hydrogens (tertiary/aromatic N) is 2. The molecule has 8 heteroatoms. The molecule has 25 heavy (non-hydrogen) atoms. The summed E-state index contributed by atoms with van der Waals surface area (Å²) >= 11 is 5.96. The first-order chi connectivity index (χ1) is 11.9. The van der Waals surface area contributed by atoms with Crippen molar-refractivity contribution in [2.45, 2.75) is 0 Å². The number of anilines is 1. The van der Waals surface area contributed by atoms with Crippen molar-refractivity contribution in [3.63, 3.8) is 0 Å². The summed E-state index contributed by atoms with van der Waals surface area (Å²) < 4.78 is 13.3. The van der Waals surface area contributed by atoms with Gasteiger partial charge in [-0.2, -0.15) is 0 Å². The van der Waals surface area contributed by atoms with Crippen molar-refractivity contribution in [1.29, 1.82) is 5.41 Å². The van der Waals surface area contributed by atoms with Gasteiger partial charge in [-0.3, -0.25) is 5.41 Å². The number of amidine groups is 1. The van der Waals surface area contributed by atoms with E-state index in [1.165, 1.54) is 41.3 Å². The van der Waals surface area contributed by atoms with E-state index in [1.807, 2.05) is 0 Å². The van der Waals surface area contributed by atoms with Crippen LogP contribution in [0.1, 0.15) is 5.82 Å². The van der Waals surface area contributed by atoms with Crippen LogP contribution in [0.5, 0.6) is 5.75 Å². The number of phenols is 1. The van der Waals surface area contributed by atoms with Crippen molar-refractivity contribution in [3.05, 3.63) is 58.8 Å². The minimum absolute atomic E-state index is 0.00647. The van der Waals surface area contributed by atoms with Gasteiger partial charge in [-0.25, -0.2) is 9.37 Å². The maximum atomic E-state index is 13.3. The van der Waals surface area contributed by atoms with E-state index >= 15 is 0 Å². The number of H-pyrrole nitrogens is 1. The molecular formula is C17H12ClFN4O2. The number of aromatic nitrogens is 2. The number of rotatable bonds is 2. The van der Waals surface area contributed by atoms with Crippen LogP contribution in [0.2, 0.25) is 5.02 Å². The summed E-state index contributed by atoms with van der Waals surface area (Å²) in [5, 5.41) is 29.1. The van der Waals surface area contributed by atoms with Crippen LogP contribution in [0.15, 0.2) is 42.2 Å². The maximum Gasteiger partial charge on any atom is 0.145 e. The molecule has 0 saturated heterocycles. The van der Waals surface area contributed by atoms with Crippen molar-refractivity contribution in [1.82, 2.24) is 9.97 Å². The lowest BCUT2D eigenvalue weighted by Gasteiger charge is -2.19. The average molecular weight is 359 g/mol. The number of fused-ring (bicyclic) bond motifs is 1. The largest absolute Gasteiger partial charge is 0.509 e. The Labute approximate surface area is 146 Å². The molecule has 0 radical (unpaired) electrons. The van der Waals surface area contributed by atoms with Gasteiger partial charge >= 0.3 is 0 Å². The van der Waals surface area contributed by atoms with Crippen LogP contribution >= 0.6 is 11.6 Å². The minimum Gasteiger partial charge on any atom is -0.509 e. The standard InChI is InChI=1S/C17H12ClFN4O2/c18-8-1-4-13(24)12(5-8)23-7-14(25)15(16(23)20)17-21-10-3-2-9(19)6-11(10)22-17/h1-6,20,24-25H,7H2,(H,21,22). The van der Waals surface area contributed by atoms with Gasteiger partial charge in [0.2, 0.25) is 0 Å². The van der Waals surface area contributed by atoms with Gasteiger partial charge in [0.25, 0.3) is 0 Å². The number of benzene rings is 2. The van der Waals surface area contributed by atoms with Crippen LogP contribution in [0.3, 0.4) is 0 Å². The highest BCUT2D eigenvalue weighted by atomic mass is 35.5. The monoisotopic (exact) mass is 358 g/mol. The zero-order chi connectivity index (χ0) is 17.7. The predicted molar refractivity (Wildman–Crippen MR) is 93.8 cm³/mol. The Morgan fingerprint density at radius 3 is 2.80 bits per heavy atom. The first-order valence-corrected chi connectivity index (χ1v) is 7.74.